The van der Waals surface area contributed by atoms with E-state index in [1.54, 1.807) is 12.3 Å². The molecule has 0 aliphatic rings. The summed E-state index contributed by atoms with van der Waals surface area (Å²) in [7, 11) is 1.38. The lowest BCUT2D eigenvalue weighted by Crippen LogP contribution is -1.96. The van der Waals surface area contributed by atoms with E-state index < -0.39 is 0 Å². The van der Waals surface area contributed by atoms with Gasteiger partial charge in [-0.1, -0.05) is 30.3 Å². The van der Waals surface area contributed by atoms with Gasteiger partial charge in [0.2, 0.25) is 0 Å². The fourth-order valence-corrected chi connectivity index (χ4v) is 1.63. The van der Waals surface area contributed by atoms with Gasteiger partial charge >= 0.3 is 5.97 Å². The van der Waals surface area contributed by atoms with E-state index in [0.29, 0.717) is 0 Å². The maximum atomic E-state index is 11.0. The summed E-state index contributed by atoms with van der Waals surface area (Å²) < 4.78 is 4.57. The Morgan fingerprint density at radius 2 is 2.18 bits per heavy atom. The summed E-state index contributed by atoms with van der Waals surface area (Å²) in [6.07, 6.45) is 5.64. The van der Waals surface area contributed by atoms with Crippen molar-refractivity contribution in [2.75, 3.05) is 7.11 Å². The van der Waals surface area contributed by atoms with Crippen molar-refractivity contribution < 1.29 is 9.53 Å². The van der Waals surface area contributed by atoms with E-state index in [1.807, 2.05) is 36.4 Å². The van der Waals surface area contributed by atoms with Crippen LogP contribution in [-0.2, 0) is 9.53 Å². The van der Waals surface area contributed by atoms with E-state index >= 15 is 0 Å². The Morgan fingerprint density at radius 3 is 3.00 bits per heavy atom. The van der Waals surface area contributed by atoms with Crippen molar-refractivity contribution in [2.24, 2.45) is 0 Å². The minimum absolute atomic E-state index is 0.249. The zero-order valence-electron chi connectivity index (χ0n) is 9.59. The van der Waals surface area contributed by atoms with Gasteiger partial charge in [-0.3, -0.25) is 9.78 Å². The van der Waals surface area contributed by atoms with Gasteiger partial charge in [-0.2, -0.15) is 0 Å². The molecule has 0 spiro atoms. The second-order valence-corrected chi connectivity index (χ2v) is 3.60. The summed E-state index contributed by atoms with van der Waals surface area (Å²) >= 11 is 0. The van der Waals surface area contributed by atoms with E-state index in [2.05, 4.69) is 9.72 Å². The predicted octanol–water partition coefficient (Wildman–Crippen LogP) is 2.81. The summed E-state index contributed by atoms with van der Waals surface area (Å²) in [5.74, 6) is -0.249. The topological polar surface area (TPSA) is 39.2 Å². The minimum atomic E-state index is -0.249. The molecular formula is C14H13NO2. The van der Waals surface area contributed by atoms with Crippen LogP contribution in [0.1, 0.15) is 12.1 Å². The van der Waals surface area contributed by atoms with E-state index in [-0.39, 0.29) is 12.4 Å². The van der Waals surface area contributed by atoms with Crippen LogP contribution in [0.5, 0.6) is 0 Å². The maximum absolute atomic E-state index is 11.0. The highest BCUT2D eigenvalue weighted by Crippen LogP contribution is 2.17. The third-order valence-corrected chi connectivity index (χ3v) is 2.49. The lowest BCUT2D eigenvalue weighted by Gasteiger charge is -2.00. The Labute approximate surface area is 99.7 Å². The predicted molar refractivity (Wildman–Crippen MR) is 67.4 cm³/mol. The Morgan fingerprint density at radius 1 is 1.35 bits per heavy atom. The molecule has 0 fully saturated rings. The van der Waals surface area contributed by atoms with Crippen LogP contribution in [0, 0.1) is 0 Å². The summed E-state index contributed by atoms with van der Waals surface area (Å²) in [5, 5.41) is 2.22. The number of nitrogens with zero attached hydrogens (tertiary/aromatic N) is 1. The van der Waals surface area contributed by atoms with Gasteiger partial charge in [0.1, 0.15) is 0 Å². The third kappa shape index (κ3) is 2.69. The average molecular weight is 227 g/mol. The number of benzene rings is 1. The molecule has 0 radical (unpaired) electrons. The molecule has 0 saturated heterocycles. The van der Waals surface area contributed by atoms with Crippen LogP contribution in [-0.4, -0.2) is 18.1 Å². The van der Waals surface area contributed by atoms with Crippen molar-refractivity contribution in [2.45, 2.75) is 6.42 Å². The van der Waals surface area contributed by atoms with Gasteiger partial charge in [0, 0.05) is 11.6 Å². The van der Waals surface area contributed by atoms with Gasteiger partial charge in [0.05, 0.1) is 19.2 Å². The van der Waals surface area contributed by atoms with Gasteiger partial charge in [-0.15, -0.1) is 0 Å². The number of hydrogen-bond acceptors (Lipinski definition) is 3. The smallest absolute Gasteiger partial charge is 0.309 e. The lowest BCUT2D eigenvalue weighted by molar-refractivity contribution is -0.139. The maximum Gasteiger partial charge on any atom is 0.309 e. The molecule has 17 heavy (non-hydrogen) atoms. The number of pyridine rings is 1. The van der Waals surface area contributed by atoms with E-state index in [1.165, 1.54) is 7.11 Å². The Kier molecular flexibility index (Phi) is 3.50. The molecule has 0 saturated carbocycles. The molecule has 1 aromatic carbocycles. The van der Waals surface area contributed by atoms with Crippen LogP contribution in [0.4, 0.5) is 0 Å². The van der Waals surface area contributed by atoms with E-state index in [4.69, 9.17) is 0 Å². The zero-order chi connectivity index (χ0) is 12.1. The molecule has 0 atom stereocenters. The standard InChI is InChI=1S/C14H13NO2/c1-17-14(16)8-4-7-13-12-6-3-2-5-11(12)9-10-15-13/h2-7,9-10H,8H2,1H3. The number of hydrogen-bond donors (Lipinski definition) is 0. The molecule has 3 nitrogen and oxygen atoms in total. The van der Waals surface area contributed by atoms with E-state index in [0.717, 1.165) is 16.5 Å². The minimum Gasteiger partial charge on any atom is -0.469 e. The number of ether oxygens (including phenoxy) is 1. The first-order chi connectivity index (χ1) is 8.31. The first-order valence-corrected chi connectivity index (χ1v) is 5.38. The van der Waals surface area contributed by atoms with Crippen LogP contribution >= 0.6 is 0 Å². The largest absolute Gasteiger partial charge is 0.469 e. The molecule has 0 bridgehead atoms. The normalized spacial score (nSPS) is 10.9. The Hall–Kier alpha value is -2.16. The molecule has 0 unspecified atom stereocenters. The van der Waals surface area contributed by atoms with Crippen LogP contribution in [0.25, 0.3) is 16.8 Å². The number of esters is 1. The number of fused-ring (bicyclic) bond motifs is 1. The molecule has 0 aliphatic carbocycles. The second kappa shape index (κ2) is 5.25. The van der Waals surface area contributed by atoms with Crippen LogP contribution in [0.2, 0.25) is 0 Å². The number of carbonyl (C=O) groups is 1. The monoisotopic (exact) mass is 227 g/mol. The summed E-state index contributed by atoms with van der Waals surface area (Å²) in [4.78, 5) is 15.3. The summed E-state index contributed by atoms with van der Waals surface area (Å²) in [6, 6.07) is 9.98. The summed E-state index contributed by atoms with van der Waals surface area (Å²) in [6.45, 7) is 0. The van der Waals surface area contributed by atoms with Crippen molar-refractivity contribution in [3.05, 3.63) is 48.3 Å². The molecule has 0 aliphatic heterocycles. The SMILES string of the molecule is COC(=O)CC=Cc1nccc2ccccc12. The first-order valence-electron chi connectivity index (χ1n) is 5.38. The Bertz CT molecular complexity index is 556. The van der Waals surface area contributed by atoms with Gasteiger partial charge in [-0.05, 0) is 17.5 Å². The molecule has 0 amide bonds. The molecule has 86 valence electrons. The van der Waals surface area contributed by atoms with Crippen molar-refractivity contribution in [1.82, 2.24) is 4.98 Å². The highest BCUT2D eigenvalue weighted by Gasteiger charge is 1.99. The van der Waals surface area contributed by atoms with Gasteiger partial charge in [0.25, 0.3) is 0 Å². The van der Waals surface area contributed by atoms with Crippen LogP contribution < -0.4 is 0 Å². The fraction of sp³-hybridized carbons (Fsp3) is 0.143. The van der Waals surface area contributed by atoms with Gasteiger partial charge in [0.15, 0.2) is 0 Å². The van der Waals surface area contributed by atoms with Crippen LogP contribution in [0.15, 0.2) is 42.6 Å². The number of methoxy groups -OCH3 is 1. The number of carbonyl (C=O) groups excluding carboxylic acids is 1. The van der Waals surface area contributed by atoms with Gasteiger partial charge in [-0.25, -0.2) is 0 Å². The molecular weight excluding hydrogens is 214 g/mol. The first kappa shape index (κ1) is 11.3. The number of aromatic nitrogens is 1. The van der Waals surface area contributed by atoms with Crippen molar-refractivity contribution in [3.63, 3.8) is 0 Å². The van der Waals surface area contributed by atoms with Crippen LogP contribution in [0.3, 0.4) is 0 Å². The summed E-state index contributed by atoms with van der Waals surface area (Å²) in [5.41, 5.74) is 0.868. The quantitative estimate of drug-likeness (QED) is 0.757. The average Bonchev–Trinajstić information content (AvgIpc) is 2.39. The molecule has 2 rings (SSSR count). The molecule has 3 heteroatoms. The fourth-order valence-electron chi connectivity index (χ4n) is 1.63. The molecule has 2 aromatic rings. The molecule has 1 aromatic heterocycles. The van der Waals surface area contributed by atoms with Gasteiger partial charge < -0.3 is 4.74 Å². The van der Waals surface area contributed by atoms with Crippen molar-refractivity contribution in [3.8, 4) is 0 Å². The van der Waals surface area contributed by atoms with Crippen molar-refractivity contribution in [1.29, 1.82) is 0 Å². The lowest BCUT2D eigenvalue weighted by atomic mass is 10.1. The highest BCUT2D eigenvalue weighted by atomic mass is 16.5. The molecule has 0 N–H and O–H groups in total. The zero-order valence-corrected chi connectivity index (χ0v) is 9.59. The Balaban J connectivity index is 2.27. The van der Waals surface area contributed by atoms with Crippen molar-refractivity contribution >= 4 is 22.8 Å². The second-order valence-electron chi connectivity index (χ2n) is 3.60. The molecule has 1 heterocycles. The van der Waals surface area contributed by atoms with E-state index in [9.17, 15) is 4.79 Å². The third-order valence-electron chi connectivity index (χ3n) is 2.49. The number of rotatable bonds is 3. The highest BCUT2D eigenvalue weighted by molar-refractivity contribution is 5.89.